The number of barbiturate groups is 1. The van der Waals surface area contributed by atoms with Gasteiger partial charge in [0.05, 0.1) is 19.8 Å². The van der Waals surface area contributed by atoms with Gasteiger partial charge in [-0.15, -0.1) is 0 Å². The van der Waals surface area contributed by atoms with Gasteiger partial charge in [0.2, 0.25) is 0 Å². The average molecular weight is 662 g/mol. The molecule has 0 radical (unpaired) electrons. The molecule has 1 fully saturated rings. The van der Waals surface area contributed by atoms with Crippen molar-refractivity contribution in [2.24, 2.45) is 0 Å². The summed E-state index contributed by atoms with van der Waals surface area (Å²) in [4.78, 5) is 39.9. The highest BCUT2D eigenvalue weighted by molar-refractivity contribution is 9.10. The molecule has 1 saturated heterocycles. The summed E-state index contributed by atoms with van der Waals surface area (Å²) in [6.45, 7) is 4.83. The van der Waals surface area contributed by atoms with Crippen LogP contribution in [0, 0.1) is 0 Å². The van der Waals surface area contributed by atoms with Crippen LogP contribution in [-0.4, -0.2) is 36.0 Å². The Morgan fingerprint density at radius 1 is 0.902 bits per heavy atom. The first-order chi connectivity index (χ1) is 19.7. The van der Waals surface area contributed by atoms with Crippen molar-refractivity contribution in [2.75, 3.05) is 13.2 Å². The minimum absolute atomic E-state index is 0.0830. The number of imide groups is 2. The van der Waals surface area contributed by atoms with Gasteiger partial charge < -0.3 is 14.2 Å². The zero-order chi connectivity index (χ0) is 29.5. The van der Waals surface area contributed by atoms with Crippen LogP contribution in [0.5, 0.6) is 17.2 Å². The Balaban J connectivity index is 1.60. The van der Waals surface area contributed by atoms with E-state index < -0.39 is 17.8 Å². The number of hydrogen-bond acceptors (Lipinski definition) is 6. The van der Waals surface area contributed by atoms with Crippen molar-refractivity contribution < 1.29 is 28.6 Å². The molecule has 0 aliphatic carbocycles. The van der Waals surface area contributed by atoms with E-state index in [4.69, 9.17) is 37.4 Å². The highest BCUT2D eigenvalue weighted by Crippen LogP contribution is 2.31. The Morgan fingerprint density at radius 3 is 2.41 bits per heavy atom. The van der Waals surface area contributed by atoms with E-state index in [0.29, 0.717) is 61.7 Å². The Kier molecular flexibility index (Phi) is 10.3. The number of ether oxygens (including phenoxy) is 3. The van der Waals surface area contributed by atoms with Crippen molar-refractivity contribution >= 4 is 63.1 Å². The van der Waals surface area contributed by atoms with Crippen molar-refractivity contribution in [1.82, 2.24) is 10.2 Å². The van der Waals surface area contributed by atoms with Gasteiger partial charge in [0.15, 0.2) is 11.5 Å². The van der Waals surface area contributed by atoms with Crippen LogP contribution in [0.15, 0.2) is 64.6 Å². The molecule has 0 spiro atoms. The molecule has 0 bridgehead atoms. The lowest BCUT2D eigenvalue weighted by atomic mass is 10.1. The number of benzene rings is 3. The van der Waals surface area contributed by atoms with Crippen molar-refractivity contribution in [1.29, 1.82) is 0 Å². The summed E-state index contributed by atoms with van der Waals surface area (Å²) >= 11 is 15.7. The SMILES string of the molecule is CCCOc1ccc(CN2C(=O)NC(=O)/C(=C\c3cc(Br)ccc3OCc3ccc(Cl)cc3Cl)C2=O)cc1OCC. The van der Waals surface area contributed by atoms with Crippen molar-refractivity contribution in [3.8, 4) is 17.2 Å². The maximum absolute atomic E-state index is 13.5. The number of hydrogen-bond donors (Lipinski definition) is 1. The zero-order valence-electron chi connectivity index (χ0n) is 22.3. The quantitative estimate of drug-likeness (QED) is 0.173. The summed E-state index contributed by atoms with van der Waals surface area (Å²) in [5.74, 6) is -0.0627. The van der Waals surface area contributed by atoms with E-state index in [0.717, 1.165) is 11.3 Å². The highest BCUT2D eigenvalue weighted by atomic mass is 79.9. The molecule has 0 unspecified atom stereocenters. The molecule has 1 aliphatic heterocycles. The first kappa shape index (κ1) is 30.4. The molecule has 214 valence electrons. The summed E-state index contributed by atoms with van der Waals surface area (Å²) in [7, 11) is 0. The van der Waals surface area contributed by atoms with Crippen LogP contribution in [0.4, 0.5) is 4.79 Å². The van der Waals surface area contributed by atoms with Gasteiger partial charge in [0, 0.05) is 25.6 Å². The van der Waals surface area contributed by atoms with E-state index in [2.05, 4.69) is 21.2 Å². The van der Waals surface area contributed by atoms with Gasteiger partial charge in [-0.05, 0) is 67.4 Å². The molecule has 1 heterocycles. The number of urea groups is 1. The first-order valence-electron chi connectivity index (χ1n) is 12.8. The largest absolute Gasteiger partial charge is 0.490 e. The summed E-state index contributed by atoms with van der Waals surface area (Å²) in [5.41, 5.74) is 1.57. The van der Waals surface area contributed by atoms with E-state index in [1.165, 1.54) is 6.08 Å². The minimum Gasteiger partial charge on any atom is -0.490 e. The van der Waals surface area contributed by atoms with Crippen LogP contribution in [0.3, 0.4) is 0 Å². The first-order valence-corrected chi connectivity index (χ1v) is 14.4. The third-order valence-corrected chi connectivity index (χ3v) is 7.05. The van der Waals surface area contributed by atoms with Crippen LogP contribution >= 0.6 is 39.1 Å². The molecule has 3 aromatic rings. The number of amides is 4. The maximum Gasteiger partial charge on any atom is 0.331 e. The van der Waals surface area contributed by atoms with Crippen molar-refractivity contribution in [3.05, 3.63) is 91.4 Å². The fourth-order valence-corrected chi connectivity index (χ4v) is 4.83. The third-order valence-electron chi connectivity index (χ3n) is 5.97. The van der Waals surface area contributed by atoms with Crippen LogP contribution in [0.1, 0.15) is 37.0 Å². The number of nitrogens with one attached hydrogen (secondary N) is 1. The normalized spacial score (nSPS) is 14.3. The van der Waals surface area contributed by atoms with E-state index in [1.807, 2.05) is 13.8 Å². The molecule has 4 amide bonds. The van der Waals surface area contributed by atoms with E-state index in [-0.39, 0.29) is 18.7 Å². The second-order valence-corrected chi connectivity index (χ2v) is 10.7. The maximum atomic E-state index is 13.5. The molecule has 41 heavy (non-hydrogen) atoms. The number of nitrogens with zero attached hydrogens (tertiary/aromatic N) is 1. The second-order valence-electron chi connectivity index (χ2n) is 8.98. The molecule has 0 saturated carbocycles. The molecule has 0 aromatic heterocycles. The Morgan fingerprint density at radius 2 is 1.68 bits per heavy atom. The predicted molar refractivity (Wildman–Crippen MR) is 160 cm³/mol. The number of halogens is 3. The molecule has 0 atom stereocenters. The van der Waals surface area contributed by atoms with Crippen molar-refractivity contribution in [2.45, 2.75) is 33.4 Å². The average Bonchev–Trinajstić information content (AvgIpc) is 2.93. The molecule has 4 rings (SSSR count). The standard InChI is InChI=1S/C30H27BrCl2N2O6/c1-3-11-40-26-9-5-18(12-27(26)39-4-2)16-35-29(37)23(28(36)34-30(35)38)14-20-13-21(31)7-10-25(20)41-17-19-6-8-22(32)15-24(19)33/h5-10,12-15H,3-4,11,16-17H2,1-2H3,(H,34,36,38)/b23-14+. The van der Waals surface area contributed by atoms with E-state index in [9.17, 15) is 14.4 Å². The monoisotopic (exact) mass is 660 g/mol. The summed E-state index contributed by atoms with van der Waals surface area (Å²) < 4.78 is 18.1. The van der Waals surface area contributed by atoms with Crippen molar-refractivity contribution in [3.63, 3.8) is 0 Å². The van der Waals surface area contributed by atoms with Gasteiger partial charge in [-0.25, -0.2) is 4.79 Å². The van der Waals surface area contributed by atoms with Gasteiger partial charge in [-0.1, -0.05) is 58.2 Å². The Labute approximate surface area is 256 Å². The van der Waals surface area contributed by atoms with E-state index >= 15 is 0 Å². The second kappa shape index (κ2) is 13.9. The predicted octanol–water partition coefficient (Wildman–Crippen LogP) is 7.18. The van der Waals surface area contributed by atoms with Gasteiger partial charge in [-0.2, -0.15) is 0 Å². The zero-order valence-corrected chi connectivity index (χ0v) is 25.4. The Bertz CT molecular complexity index is 1510. The lowest BCUT2D eigenvalue weighted by Gasteiger charge is -2.27. The van der Waals surface area contributed by atoms with Gasteiger partial charge in [0.25, 0.3) is 11.8 Å². The van der Waals surface area contributed by atoms with E-state index in [1.54, 1.807) is 54.6 Å². The lowest BCUT2D eigenvalue weighted by molar-refractivity contribution is -0.130. The topological polar surface area (TPSA) is 94.2 Å². The molecule has 11 heteroatoms. The van der Waals surface area contributed by atoms with Gasteiger partial charge in [0.1, 0.15) is 17.9 Å². The fourth-order valence-electron chi connectivity index (χ4n) is 3.98. The number of carbonyl (C=O) groups is 3. The lowest BCUT2D eigenvalue weighted by Crippen LogP contribution is -2.53. The third kappa shape index (κ3) is 7.61. The Hall–Kier alpha value is -3.53. The van der Waals surface area contributed by atoms with Gasteiger partial charge >= 0.3 is 6.03 Å². The van der Waals surface area contributed by atoms with Gasteiger partial charge in [-0.3, -0.25) is 19.8 Å². The number of rotatable bonds is 11. The summed E-state index contributed by atoms with van der Waals surface area (Å²) in [6, 6.07) is 14.6. The van der Waals surface area contributed by atoms with Crippen LogP contribution in [0.25, 0.3) is 6.08 Å². The summed E-state index contributed by atoms with van der Waals surface area (Å²) in [5, 5.41) is 3.21. The molecular weight excluding hydrogens is 635 g/mol. The molecule has 1 aliphatic rings. The molecular formula is C30H27BrCl2N2O6. The smallest absolute Gasteiger partial charge is 0.331 e. The van der Waals surface area contributed by atoms with Crippen LogP contribution in [0.2, 0.25) is 10.0 Å². The molecule has 1 N–H and O–H groups in total. The van der Waals surface area contributed by atoms with Crippen LogP contribution < -0.4 is 19.5 Å². The van der Waals surface area contributed by atoms with Crippen LogP contribution in [-0.2, 0) is 22.7 Å². The molecule has 3 aromatic carbocycles. The summed E-state index contributed by atoms with van der Waals surface area (Å²) in [6.07, 6.45) is 2.23. The number of carbonyl (C=O) groups excluding carboxylic acids is 3. The molecule has 8 nitrogen and oxygen atoms in total. The minimum atomic E-state index is -0.815. The fraction of sp³-hybridized carbons (Fsp3) is 0.233. The highest BCUT2D eigenvalue weighted by Gasteiger charge is 2.36.